The van der Waals surface area contributed by atoms with E-state index in [4.69, 9.17) is 9.47 Å². The Morgan fingerprint density at radius 2 is 1.36 bits per heavy atom. The second-order valence-corrected chi connectivity index (χ2v) is 6.07. The van der Waals surface area contributed by atoms with Crippen LogP contribution in [0.5, 0.6) is 11.5 Å². The third-order valence-corrected chi connectivity index (χ3v) is 4.12. The third kappa shape index (κ3) is 5.17. The molecule has 0 saturated heterocycles. The number of para-hydroxylation sites is 1. The van der Waals surface area contributed by atoms with Crippen LogP contribution in [0.15, 0.2) is 72.8 Å². The Kier molecular flexibility index (Phi) is 6.36. The third-order valence-electron chi connectivity index (χ3n) is 4.12. The Balaban J connectivity index is 1.54. The average molecular weight is 377 g/mol. The van der Waals surface area contributed by atoms with E-state index in [0.29, 0.717) is 23.7 Å². The summed E-state index contributed by atoms with van der Waals surface area (Å²) in [5.74, 6) is 1.40. The van der Waals surface area contributed by atoms with Gasteiger partial charge >= 0.3 is 6.03 Å². The summed E-state index contributed by atoms with van der Waals surface area (Å²) in [7, 11) is 3.24. The lowest BCUT2D eigenvalue weighted by atomic mass is 10.2. The number of amides is 2. The van der Waals surface area contributed by atoms with E-state index in [-0.39, 0.29) is 6.03 Å². The molecule has 0 atom stereocenters. The zero-order valence-corrected chi connectivity index (χ0v) is 15.9. The quantitative estimate of drug-likeness (QED) is 0.544. The Morgan fingerprint density at radius 1 is 0.750 bits per heavy atom. The summed E-state index contributed by atoms with van der Waals surface area (Å²) in [6.45, 7) is 0.640. The molecule has 0 aliphatic carbocycles. The molecule has 144 valence electrons. The number of methoxy groups -OCH3 is 2. The number of urea groups is 1. The van der Waals surface area contributed by atoms with Crippen molar-refractivity contribution < 1.29 is 14.3 Å². The van der Waals surface area contributed by atoms with Gasteiger partial charge in [-0.3, -0.25) is 0 Å². The van der Waals surface area contributed by atoms with Crippen molar-refractivity contribution in [1.29, 1.82) is 0 Å². The molecule has 0 unspecified atom stereocenters. The van der Waals surface area contributed by atoms with Gasteiger partial charge in [0.25, 0.3) is 0 Å². The van der Waals surface area contributed by atoms with Crippen molar-refractivity contribution >= 4 is 23.1 Å². The van der Waals surface area contributed by atoms with E-state index in [1.54, 1.807) is 14.2 Å². The molecule has 3 rings (SSSR count). The number of anilines is 3. The number of carbonyl (C=O) groups is 1. The molecular weight excluding hydrogens is 354 g/mol. The Hall–Kier alpha value is -3.67. The molecule has 6 heteroatoms. The summed E-state index contributed by atoms with van der Waals surface area (Å²) < 4.78 is 10.6. The maximum absolute atomic E-state index is 12.0. The van der Waals surface area contributed by atoms with Crippen LogP contribution in [0.1, 0.15) is 5.56 Å². The van der Waals surface area contributed by atoms with E-state index < -0.39 is 0 Å². The number of ether oxygens (including phenoxy) is 2. The minimum atomic E-state index is -0.280. The predicted octanol–water partition coefficient (Wildman–Crippen LogP) is 4.96. The van der Waals surface area contributed by atoms with Gasteiger partial charge in [0.05, 0.1) is 14.2 Å². The van der Waals surface area contributed by atoms with Gasteiger partial charge in [-0.15, -0.1) is 0 Å². The van der Waals surface area contributed by atoms with Crippen molar-refractivity contribution in [1.82, 2.24) is 0 Å². The molecule has 0 radical (unpaired) electrons. The van der Waals surface area contributed by atoms with Crippen LogP contribution in [-0.4, -0.2) is 20.3 Å². The van der Waals surface area contributed by atoms with E-state index in [0.717, 1.165) is 16.9 Å². The summed E-state index contributed by atoms with van der Waals surface area (Å²) in [5.41, 5.74) is 3.48. The number of carbonyl (C=O) groups excluding carboxylic acids is 1. The molecule has 0 bridgehead atoms. The topological polar surface area (TPSA) is 71.6 Å². The van der Waals surface area contributed by atoms with E-state index >= 15 is 0 Å². The zero-order chi connectivity index (χ0) is 19.8. The van der Waals surface area contributed by atoms with Crippen LogP contribution in [-0.2, 0) is 6.54 Å². The Bertz CT molecular complexity index is 912. The number of hydrogen-bond donors (Lipinski definition) is 3. The van der Waals surface area contributed by atoms with Gasteiger partial charge in [0, 0.05) is 23.6 Å². The first-order valence-corrected chi connectivity index (χ1v) is 8.86. The number of nitrogens with one attached hydrogen (secondary N) is 3. The smallest absolute Gasteiger partial charge is 0.323 e. The molecule has 6 nitrogen and oxygen atoms in total. The number of hydrogen-bond acceptors (Lipinski definition) is 4. The van der Waals surface area contributed by atoms with Crippen LogP contribution in [0.25, 0.3) is 0 Å². The molecule has 28 heavy (non-hydrogen) atoms. The van der Waals surface area contributed by atoms with E-state index in [2.05, 4.69) is 16.0 Å². The van der Waals surface area contributed by atoms with Crippen LogP contribution in [0, 0.1) is 0 Å². The molecule has 3 N–H and O–H groups in total. The van der Waals surface area contributed by atoms with Gasteiger partial charge in [-0.2, -0.15) is 0 Å². The standard InChI is InChI=1S/C22H23N3O3/c1-27-20-13-8-16(14-21(20)28-2)15-23-17-9-11-19(12-10-17)25-22(26)24-18-6-4-3-5-7-18/h3-14,23H,15H2,1-2H3,(H2,24,25,26). The molecule has 2 amide bonds. The van der Waals surface area contributed by atoms with Crippen molar-refractivity contribution in [2.45, 2.75) is 6.54 Å². The summed E-state index contributed by atoms with van der Waals surface area (Å²) in [4.78, 5) is 12.0. The van der Waals surface area contributed by atoms with Gasteiger partial charge in [0.15, 0.2) is 11.5 Å². The highest BCUT2D eigenvalue weighted by Crippen LogP contribution is 2.28. The van der Waals surface area contributed by atoms with Gasteiger partial charge in [0.1, 0.15) is 0 Å². The second-order valence-electron chi connectivity index (χ2n) is 6.07. The van der Waals surface area contributed by atoms with E-state index in [9.17, 15) is 4.79 Å². The summed E-state index contributed by atoms with van der Waals surface area (Å²) in [6, 6.07) is 22.4. The molecule has 0 aromatic heterocycles. The van der Waals surface area contributed by atoms with Crippen molar-refractivity contribution in [2.24, 2.45) is 0 Å². The highest BCUT2D eigenvalue weighted by Gasteiger charge is 2.05. The Labute approximate surface area is 164 Å². The Morgan fingerprint density at radius 3 is 2.00 bits per heavy atom. The highest BCUT2D eigenvalue weighted by atomic mass is 16.5. The minimum Gasteiger partial charge on any atom is -0.493 e. The maximum atomic E-state index is 12.0. The summed E-state index contributed by atoms with van der Waals surface area (Å²) in [6.07, 6.45) is 0. The molecule has 3 aromatic carbocycles. The second kappa shape index (κ2) is 9.32. The maximum Gasteiger partial charge on any atom is 0.323 e. The minimum absolute atomic E-state index is 0.280. The molecular formula is C22H23N3O3. The predicted molar refractivity (Wildman–Crippen MR) is 112 cm³/mol. The molecule has 0 heterocycles. The van der Waals surface area contributed by atoms with Gasteiger partial charge in [-0.1, -0.05) is 24.3 Å². The molecule has 0 aliphatic rings. The fourth-order valence-electron chi connectivity index (χ4n) is 2.68. The van der Waals surface area contributed by atoms with E-state index in [1.165, 1.54) is 0 Å². The molecule has 0 aliphatic heterocycles. The molecule has 3 aromatic rings. The fourth-order valence-corrected chi connectivity index (χ4v) is 2.68. The number of benzene rings is 3. The fraction of sp³-hybridized carbons (Fsp3) is 0.136. The van der Waals surface area contributed by atoms with Crippen LogP contribution in [0.4, 0.5) is 21.9 Å². The van der Waals surface area contributed by atoms with Crippen LogP contribution in [0.2, 0.25) is 0 Å². The van der Waals surface area contributed by atoms with Crippen LogP contribution >= 0.6 is 0 Å². The SMILES string of the molecule is COc1ccc(CNc2ccc(NC(=O)Nc3ccccc3)cc2)cc1OC. The first kappa shape index (κ1) is 19.1. The lowest BCUT2D eigenvalue weighted by Gasteiger charge is -2.12. The monoisotopic (exact) mass is 377 g/mol. The highest BCUT2D eigenvalue weighted by molar-refractivity contribution is 5.99. The van der Waals surface area contributed by atoms with Crippen molar-refractivity contribution in [2.75, 3.05) is 30.2 Å². The lowest BCUT2D eigenvalue weighted by molar-refractivity contribution is 0.262. The van der Waals surface area contributed by atoms with Crippen LogP contribution < -0.4 is 25.4 Å². The van der Waals surface area contributed by atoms with Gasteiger partial charge in [-0.05, 0) is 54.1 Å². The van der Waals surface area contributed by atoms with Gasteiger partial charge in [-0.25, -0.2) is 4.79 Å². The largest absolute Gasteiger partial charge is 0.493 e. The molecule has 0 fully saturated rings. The molecule has 0 spiro atoms. The van der Waals surface area contributed by atoms with Gasteiger partial charge in [0.2, 0.25) is 0 Å². The first-order chi connectivity index (χ1) is 13.7. The van der Waals surface area contributed by atoms with E-state index in [1.807, 2.05) is 72.8 Å². The lowest BCUT2D eigenvalue weighted by Crippen LogP contribution is -2.19. The summed E-state index contributed by atoms with van der Waals surface area (Å²) >= 11 is 0. The average Bonchev–Trinajstić information content (AvgIpc) is 2.73. The van der Waals surface area contributed by atoms with Crippen molar-refractivity contribution in [3.8, 4) is 11.5 Å². The van der Waals surface area contributed by atoms with Crippen LogP contribution in [0.3, 0.4) is 0 Å². The summed E-state index contributed by atoms with van der Waals surface area (Å²) in [5, 5.41) is 8.94. The van der Waals surface area contributed by atoms with Crippen molar-refractivity contribution in [3.63, 3.8) is 0 Å². The first-order valence-electron chi connectivity index (χ1n) is 8.86. The normalized spacial score (nSPS) is 10.1. The van der Waals surface area contributed by atoms with Crippen molar-refractivity contribution in [3.05, 3.63) is 78.4 Å². The molecule has 0 saturated carbocycles. The number of rotatable bonds is 7. The zero-order valence-electron chi connectivity index (χ0n) is 15.9. The van der Waals surface area contributed by atoms with Gasteiger partial charge < -0.3 is 25.4 Å².